The van der Waals surface area contributed by atoms with Crippen LogP contribution in [0.4, 0.5) is 4.39 Å². The summed E-state index contributed by atoms with van der Waals surface area (Å²) in [5, 5.41) is 8.09. The Morgan fingerprint density at radius 1 is 1.35 bits per heavy atom. The van der Waals surface area contributed by atoms with Crippen LogP contribution < -0.4 is 0 Å². The summed E-state index contributed by atoms with van der Waals surface area (Å²) in [6.45, 7) is 3.45. The van der Waals surface area contributed by atoms with Crippen molar-refractivity contribution in [2.45, 2.75) is 24.9 Å². The molecule has 2 unspecified atom stereocenters. The summed E-state index contributed by atoms with van der Waals surface area (Å²) in [4.78, 5) is 11.0. The standard InChI is InChI=1S/C12H15FO3S/c1-8(2)11(12(14)15)17(16)7-9-3-5-10(13)6-4-9/h3-6,8,11H,7H2,1-2H3,(H,14,15). The summed E-state index contributed by atoms with van der Waals surface area (Å²) < 4.78 is 24.6. The fraction of sp³-hybridized carbons (Fsp3) is 0.417. The minimum absolute atomic E-state index is 0.134. The molecule has 1 aromatic rings. The average molecular weight is 258 g/mol. The van der Waals surface area contributed by atoms with Crippen LogP contribution >= 0.6 is 0 Å². The number of rotatable bonds is 5. The van der Waals surface area contributed by atoms with Gasteiger partial charge in [-0.05, 0) is 23.6 Å². The zero-order valence-corrected chi connectivity index (χ0v) is 10.5. The minimum Gasteiger partial charge on any atom is -0.480 e. The lowest BCUT2D eigenvalue weighted by atomic mass is 10.1. The lowest BCUT2D eigenvalue weighted by Crippen LogP contribution is -2.31. The van der Waals surface area contributed by atoms with Crippen LogP contribution in [0.5, 0.6) is 0 Å². The topological polar surface area (TPSA) is 54.4 Å². The van der Waals surface area contributed by atoms with E-state index in [0.717, 1.165) is 0 Å². The largest absolute Gasteiger partial charge is 0.480 e. The molecule has 1 aromatic carbocycles. The molecule has 0 bridgehead atoms. The van der Waals surface area contributed by atoms with E-state index in [4.69, 9.17) is 5.11 Å². The number of carboxylic acids is 1. The maximum absolute atomic E-state index is 12.7. The van der Waals surface area contributed by atoms with Crippen molar-refractivity contribution in [1.82, 2.24) is 0 Å². The van der Waals surface area contributed by atoms with Crippen molar-refractivity contribution >= 4 is 16.8 Å². The second-order valence-corrected chi connectivity index (χ2v) is 5.71. The molecule has 0 aliphatic carbocycles. The Morgan fingerprint density at radius 2 is 1.88 bits per heavy atom. The van der Waals surface area contributed by atoms with Gasteiger partial charge in [-0.25, -0.2) is 4.39 Å². The maximum Gasteiger partial charge on any atom is 0.319 e. The predicted octanol–water partition coefficient (Wildman–Crippen LogP) is 2.18. The first kappa shape index (κ1) is 13.8. The van der Waals surface area contributed by atoms with Crippen molar-refractivity contribution in [3.63, 3.8) is 0 Å². The van der Waals surface area contributed by atoms with Crippen LogP contribution in [0.3, 0.4) is 0 Å². The molecule has 0 saturated heterocycles. The molecule has 0 heterocycles. The van der Waals surface area contributed by atoms with E-state index in [1.165, 1.54) is 24.3 Å². The van der Waals surface area contributed by atoms with Gasteiger partial charge in [-0.2, -0.15) is 0 Å². The van der Waals surface area contributed by atoms with Crippen LogP contribution in [0.1, 0.15) is 19.4 Å². The second kappa shape index (κ2) is 5.91. The van der Waals surface area contributed by atoms with Gasteiger partial charge < -0.3 is 5.11 Å². The van der Waals surface area contributed by atoms with Crippen LogP contribution in [0, 0.1) is 11.7 Å². The van der Waals surface area contributed by atoms with Crippen LogP contribution in [0.25, 0.3) is 0 Å². The summed E-state index contributed by atoms with van der Waals surface area (Å²) in [6.07, 6.45) is 0. The Kier molecular flexibility index (Phi) is 4.81. The van der Waals surface area contributed by atoms with Crippen molar-refractivity contribution in [1.29, 1.82) is 0 Å². The van der Waals surface area contributed by atoms with Gasteiger partial charge in [-0.1, -0.05) is 26.0 Å². The van der Waals surface area contributed by atoms with E-state index in [1.807, 2.05) is 0 Å². The van der Waals surface area contributed by atoms with Gasteiger partial charge in [0.25, 0.3) is 0 Å². The fourth-order valence-corrected chi connectivity index (χ4v) is 3.07. The first-order valence-electron chi connectivity index (χ1n) is 5.26. The Hall–Kier alpha value is -1.23. The molecule has 2 atom stereocenters. The fourth-order valence-electron chi connectivity index (χ4n) is 1.54. The quantitative estimate of drug-likeness (QED) is 0.880. The highest BCUT2D eigenvalue weighted by atomic mass is 32.2. The number of hydrogen-bond donors (Lipinski definition) is 1. The lowest BCUT2D eigenvalue weighted by molar-refractivity contribution is -0.137. The van der Waals surface area contributed by atoms with E-state index in [0.29, 0.717) is 5.56 Å². The zero-order chi connectivity index (χ0) is 13.0. The zero-order valence-electron chi connectivity index (χ0n) is 9.72. The Labute approximate surface area is 102 Å². The van der Waals surface area contributed by atoms with Gasteiger partial charge in [-0.15, -0.1) is 0 Å². The van der Waals surface area contributed by atoms with Crippen LogP contribution in [-0.2, 0) is 21.3 Å². The van der Waals surface area contributed by atoms with Gasteiger partial charge >= 0.3 is 5.97 Å². The smallest absolute Gasteiger partial charge is 0.319 e. The summed E-state index contributed by atoms with van der Waals surface area (Å²) in [7, 11) is -1.50. The number of carboxylic acid groups (broad SMARTS) is 1. The van der Waals surface area contributed by atoms with Crippen LogP contribution in [0.2, 0.25) is 0 Å². The molecule has 1 N–H and O–H groups in total. The molecule has 0 aliphatic rings. The molecule has 3 nitrogen and oxygen atoms in total. The summed E-state index contributed by atoms with van der Waals surface area (Å²) >= 11 is 0. The Balaban J connectivity index is 2.77. The summed E-state index contributed by atoms with van der Waals surface area (Å²) in [6, 6.07) is 5.59. The normalized spacial score (nSPS) is 14.6. The number of aliphatic carboxylic acids is 1. The van der Waals surface area contributed by atoms with Crippen molar-refractivity contribution < 1.29 is 18.5 Å². The highest BCUT2D eigenvalue weighted by molar-refractivity contribution is 7.85. The number of carbonyl (C=O) groups is 1. The van der Waals surface area contributed by atoms with Gasteiger partial charge in [0.05, 0.1) is 0 Å². The molecular weight excluding hydrogens is 243 g/mol. The molecule has 0 radical (unpaired) electrons. The molecule has 0 amide bonds. The number of benzene rings is 1. The van der Waals surface area contributed by atoms with Crippen LogP contribution in [-0.4, -0.2) is 20.5 Å². The van der Waals surface area contributed by atoms with Gasteiger partial charge in [0.15, 0.2) is 0 Å². The highest BCUT2D eigenvalue weighted by Crippen LogP contribution is 2.15. The van der Waals surface area contributed by atoms with Gasteiger partial charge in [0, 0.05) is 16.6 Å². The van der Waals surface area contributed by atoms with E-state index in [2.05, 4.69) is 0 Å². The molecule has 0 spiro atoms. The molecular formula is C12H15FO3S. The SMILES string of the molecule is CC(C)C(C(=O)O)S(=O)Cc1ccc(F)cc1. The molecule has 0 aromatic heterocycles. The van der Waals surface area contributed by atoms with Gasteiger partial charge in [0.2, 0.25) is 0 Å². The maximum atomic E-state index is 12.7. The third-order valence-corrected chi connectivity index (χ3v) is 4.28. The molecule has 17 heavy (non-hydrogen) atoms. The Morgan fingerprint density at radius 3 is 2.29 bits per heavy atom. The van der Waals surface area contributed by atoms with Crippen molar-refractivity contribution in [2.75, 3.05) is 0 Å². The summed E-state index contributed by atoms with van der Waals surface area (Å²) in [5.41, 5.74) is 0.677. The number of halogens is 1. The van der Waals surface area contributed by atoms with Crippen LogP contribution in [0.15, 0.2) is 24.3 Å². The van der Waals surface area contributed by atoms with E-state index < -0.39 is 22.0 Å². The second-order valence-electron chi connectivity index (χ2n) is 4.15. The molecule has 0 fully saturated rings. The van der Waals surface area contributed by atoms with E-state index in [1.54, 1.807) is 13.8 Å². The Bertz CT molecular complexity index is 414. The molecule has 0 saturated carbocycles. The average Bonchev–Trinajstić information content (AvgIpc) is 2.20. The van der Waals surface area contributed by atoms with E-state index in [9.17, 15) is 13.4 Å². The van der Waals surface area contributed by atoms with E-state index in [-0.39, 0.29) is 17.5 Å². The van der Waals surface area contributed by atoms with Crippen molar-refractivity contribution in [3.05, 3.63) is 35.6 Å². The first-order chi connectivity index (χ1) is 7.91. The molecule has 1 rings (SSSR count). The minimum atomic E-state index is -1.50. The van der Waals surface area contributed by atoms with E-state index >= 15 is 0 Å². The van der Waals surface area contributed by atoms with Gasteiger partial charge in [-0.3, -0.25) is 9.00 Å². The van der Waals surface area contributed by atoms with Crippen molar-refractivity contribution in [3.8, 4) is 0 Å². The third kappa shape index (κ3) is 3.93. The summed E-state index contributed by atoms with van der Waals surface area (Å²) in [5.74, 6) is -1.48. The first-order valence-corrected chi connectivity index (χ1v) is 6.64. The molecule has 5 heteroatoms. The molecule has 94 valence electrons. The predicted molar refractivity (Wildman–Crippen MR) is 64.5 cm³/mol. The third-order valence-electron chi connectivity index (χ3n) is 2.35. The lowest BCUT2D eigenvalue weighted by Gasteiger charge is -2.15. The monoisotopic (exact) mass is 258 g/mol. The highest BCUT2D eigenvalue weighted by Gasteiger charge is 2.27. The van der Waals surface area contributed by atoms with Crippen molar-refractivity contribution in [2.24, 2.45) is 5.92 Å². The number of hydrogen-bond acceptors (Lipinski definition) is 2. The molecule has 0 aliphatic heterocycles. The van der Waals surface area contributed by atoms with Gasteiger partial charge in [0.1, 0.15) is 11.1 Å².